The van der Waals surface area contributed by atoms with Crippen LogP contribution in [0.15, 0.2) is 40.2 Å². The first-order valence-electron chi connectivity index (χ1n) is 6.69. The van der Waals surface area contributed by atoms with Crippen molar-refractivity contribution in [2.24, 2.45) is 7.05 Å². The Kier molecular flexibility index (Phi) is 4.16. The van der Waals surface area contributed by atoms with E-state index in [1.54, 1.807) is 11.8 Å². The second-order valence-electron chi connectivity index (χ2n) is 4.95. The topological polar surface area (TPSA) is 103 Å². The zero-order chi connectivity index (χ0) is 18.4. The van der Waals surface area contributed by atoms with Gasteiger partial charge in [-0.05, 0) is 24.3 Å². The smallest absolute Gasteiger partial charge is 0.302 e. The molecule has 3 rings (SSSR count). The van der Waals surface area contributed by atoms with E-state index in [1.807, 2.05) is 0 Å². The number of alkyl halides is 2. The standard InChI is InChI=1S/C13H10F2N4O4S2/c1-18-9-3-2-7(6-10(9)24-13(18)21)25(22,23)17-11(20)8-4-5-19(16-8)12(14)15/h2-6,12H,1H3,(H,17,20). The van der Waals surface area contributed by atoms with Gasteiger partial charge >= 0.3 is 11.4 Å². The number of halogens is 2. The van der Waals surface area contributed by atoms with E-state index in [-0.39, 0.29) is 14.5 Å². The molecule has 3 aromatic rings. The van der Waals surface area contributed by atoms with Crippen LogP contribution >= 0.6 is 11.3 Å². The number of hydrogen-bond donors (Lipinski definition) is 1. The molecule has 0 saturated carbocycles. The lowest BCUT2D eigenvalue weighted by Gasteiger charge is -2.06. The Hall–Kier alpha value is -2.60. The van der Waals surface area contributed by atoms with Gasteiger partial charge in [-0.25, -0.2) is 17.8 Å². The number of benzene rings is 1. The fourth-order valence-electron chi connectivity index (χ4n) is 2.08. The summed E-state index contributed by atoms with van der Waals surface area (Å²) in [6.07, 6.45) is 0.861. The third-order valence-electron chi connectivity index (χ3n) is 3.34. The molecule has 0 bridgehead atoms. The molecule has 0 aliphatic rings. The number of fused-ring (bicyclic) bond motifs is 1. The Bertz CT molecular complexity index is 1130. The quantitative estimate of drug-likeness (QED) is 0.726. The van der Waals surface area contributed by atoms with Crippen molar-refractivity contribution in [2.75, 3.05) is 0 Å². The van der Waals surface area contributed by atoms with Crippen molar-refractivity contribution >= 4 is 37.5 Å². The van der Waals surface area contributed by atoms with Gasteiger partial charge in [-0.3, -0.25) is 9.59 Å². The van der Waals surface area contributed by atoms with E-state index in [1.165, 1.54) is 22.8 Å². The number of nitrogens with one attached hydrogen (secondary N) is 1. The lowest BCUT2D eigenvalue weighted by molar-refractivity contribution is 0.0560. The molecule has 0 atom stereocenters. The first kappa shape index (κ1) is 17.2. The lowest BCUT2D eigenvalue weighted by Crippen LogP contribution is -2.31. The highest BCUT2D eigenvalue weighted by Gasteiger charge is 2.22. The summed E-state index contributed by atoms with van der Waals surface area (Å²) in [6.45, 7) is -2.94. The maximum absolute atomic E-state index is 12.5. The summed E-state index contributed by atoms with van der Waals surface area (Å²) in [5.74, 6) is -1.14. The summed E-state index contributed by atoms with van der Waals surface area (Å²) in [7, 11) is -2.70. The molecule has 1 aromatic carbocycles. The van der Waals surface area contributed by atoms with Gasteiger partial charge in [-0.1, -0.05) is 11.3 Å². The molecule has 0 spiro atoms. The monoisotopic (exact) mass is 388 g/mol. The molecule has 0 fully saturated rings. The van der Waals surface area contributed by atoms with Crippen LogP contribution in [-0.4, -0.2) is 28.7 Å². The molecule has 0 radical (unpaired) electrons. The fourth-order valence-corrected chi connectivity index (χ4v) is 4.06. The largest absolute Gasteiger partial charge is 0.333 e. The highest BCUT2D eigenvalue weighted by atomic mass is 32.2. The molecule has 12 heteroatoms. The average molecular weight is 388 g/mol. The van der Waals surface area contributed by atoms with E-state index in [2.05, 4.69) is 5.10 Å². The molecule has 2 heterocycles. The molecule has 0 unspecified atom stereocenters. The number of hydrogen-bond acceptors (Lipinski definition) is 6. The molecule has 0 saturated heterocycles. The van der Waals surface area contributed by atoms with Gasteiger partial charge in [0.05, 0.1) is 15.1 Å². The molecule has 0 aliphatic heterocycles. The number of carbonyl (C=O) groups excluding carboxylic acids is 1. The van der Waals surface area contributed by atoms with E-state index >= 15 is 0 Å². The third kappa shape index (κ3) is 3.17. The predicted octanol–water partition coefficient (Wildman–Crippen LogP) is 1.31. The SMILES string of the molecule is Cn1c(=O)sc2cc(S(=O)(=O)NC(=O)c3ccn(C(F)F)n3)ccc21. The van der Waals surface area contributed by atoms with Gasteiger partial charge in [-0.2, -0.15) is 13.9 Å². The van der Waals surface area contributed by atoms with E-state index in [9.17, 15) is 26.8 Å². The summed E-state index contributed by atoms with van der Waals surface area (Å²) in [5.41, 5.74) is 0.0882. The second kappa shape index (κ2) is 6.04. The number of amides is 1. The number of nitrogens with zero attached hydrogens (tertiary/aromatic N) is 3. The third-order valence-corrected chi connectivity index (χ3v) is 5.67. The van der Waals surface area contributed by atoms with Crippen LogP contribution < -0.4 is 9.60 Å². The van der Waals surface area contributed by atoms with Crippen molar-refractivity contribution in [2.45, 2.75) is 11.4 Å². The van der Waals surface area contributed by atoms with Gasteiger partial charge in [0.1, 0.15) is 0 Å². The maximum Gasteiger partial charge on any atom is 0.333 e. The minimum absolute atomic E-state index is 0.231. The number of sulfonamides is 1. The first-order valence-corrected chi connectivity index (χ1v) is 8.99. The number of thiazole rings is 1. The van der Waals surface area contributed by atoms with Crippen LogP contribution in [0.3, 0.4) is 0 Å². The fraction of sp³-hybridized carbons (Fsp3) is 0.154. The summed E-state index contributed by atoms with van der Waals surface area (Å²) in [5, 5.41) is 3.30. The van der Waals surface area contributed by atoms with E-state index in [4.69, 9.17) is 0 Å². The van der Waals surface area contributed by atoms with Crippen molar-refractivity contribution in [1.82, 2.24) is 19.1 Å². The van der Waals surface area contributed by atoms with Crippen molar-refractivity contribution in [1.29, 1.82) is 0 Å². The Morgan fingerprint density at radius 1 is 1.32 bits per heavy atom. The Morgan fingerprint density at radius 2 is 2.04 bits per heavy atom. The van der Waals surface area contributed by atoms with Gasteiger partial charge in [0.2, 0.25) is 0 Å². The van der Waals surface area contributed by atoms with Crippen LogP contribution in [0.2, 0.25) is 0 Å². The number of carbonyl (C=O) groups is 1. The molecule has 25 heavy (non-hydrogen) atoms. The molecular formula is C13H10F2N4O4S2. The van der Waals surface area contributed by atoms with Crippen LogP contribution in [0, 0.1) is 0 Å². The van der Waals surface area contributed by atoms with Gasteiger partial charge in [0.15, 0.2) is 5.69 Å². The number of aromatic nitrogens is 3. The second-order valence-corrected chi connectivity index (χ2v) is 7.63. The van der Waals surface area contributed by atoms with Crippen molar-refractivity contribution < 1.29 is 22.0 Å². The molecule has 8 nitrogen and oxygen atoms in total. The molecule has 2 aromatic heterocycles. The van der Waals surface area contributed by atoms with Gasteiger partial charge in [-0.15, -0.1) is 0 Å². The summed E-state index contributed by atoms with van der Waals surface area (Å²) >= 11 is 0.862. The highest BCUT2D eigenvalue weighted by molar-refractivity contribution is 7.90. The molecular weight excluding hydrogens is 378 g/mol. The minimum Gasteiger partial charge on any atom is -0.302 e. The zero-order valence-electron chi connectivity index (χ0n) is 12.5. The number of rotatable bonds is 4. The lowest BCUT2D eigenvalue weighted by atomic mass is 10.3. The number of aryl methyl sites for hydroxylation is 1. The van der Waals surface area contributed by atoms with Crippen LogP contribution in [-0.2, 0) is 17.1 Å². The van der Waals surface area contributed by atoms with Crippen LogP contribution in [0.1, 0.15) is 17.0 Å². The first-order chi connectivity index (χ1) is 11.7. The summed E-state index contributed by atoms with van der Waals surface area (Å²) in [6, 6.07) is 4.91. The summed E-state index contributed by atoms with van der Waals surface area (Å²) in [4.78, 5) is 23.0. The van der Waals surface area contributed by atoms with Gasteiger partial charge < -0.3 is 4.57 Å². The Labute approximate surface area is 143 Å². The normalized spacial score (nSPS) is 12.0. The van der Waals surface area contributed by atoms with Crippen LogP contribution in [0.25, 0.3) is 10.2 Å². The molecule has 1 N–H and O–H groups in total. The van der Waals surface area contributed by atoms with Crippen LogP contribution in [0.5, 0.6) is 0 Å². The predicted molar refractivity (Wildman–Crippen MR) is 85.2 cm³/mol. The maximum atomic E-state index is 12.5. The van der Waals surface area contributed by atoms with Crippen LogP contribution in [0.4, 0.5) is 8.78 Å². The average Bonchev–Trinajstić information content (AvgIpc) is 3.13. The highest BCUT2D eigenvalue weighted by Crippen LogP contribution is 2.21. The molecule has 1 amide bonds. The van der Waals surface area contributed by atoms with Crippen molar-refractivity contribution in [3.63, 3.8) is 0 Å². The van der Waals surface area contributed by atoms with E-state index < -0.39 is 28.2 Å². The summed E-state index contributed by atoms with van der Waals surface area (Å²) < 4.78 is 53.3. The van der Waals surface area contributed by atoms with Gasteiger partial charge in [0, 0.05) is 13.2 Å². The molecule has 132 valence electrons. The minimum atomic E-state index is -4.25. The zero-order valence-corrected chi connectivity index (χ0v) is 14.1. The van der Waals surface area contributed by atoms with Gasteiger partial charge in [0.25, 0.3) is 15.9 Å². The van der Waals surface area contributed by atoms with Crippen molar-refractivity contribution in [3.05, 3.63) is 45.8 Å². The Morgan fingerprint density at radius 3 is 2.68 bits per heavy atom. The Balaban J connectivity index is 1.90. The van der Waals surface area contributed by atoms with E-state index in [0.717, 1.165) is 23.6 Å². The van der Waals surface area contributed by atoms with E-state index in [0.29, 0.717) is 10.2 Å². The van der Waals surface area contributed by atoms with Crippen molar-refractivity contribution in [3.8, 4) is 0 Å². The molecule has 0 aliphatic carbocycles.